The number of methoxy groups -OCH3 is 1. The van der Waals surface area contributed by atoms with E-state index < -0.39 is 0 Å². The molecule has 1 aromatic heterocycles. The third-order valence-electron chi connectivity index (χ3n) is 3.39. The number of anilines is 1. The van der Waals surface area contributed by atoms with Crippen molar-refractivity contribution in [1.29, 1.82) is 0 Å². The van der Waals surface area contributed by atoms with E-state index in [0.717, 1.165) is 21.8 Å². The Hall–Kier alpha value is -0.470. The van der Waals surface area contributed by atoms with Gasteiger partial charge >= 0.3 is 0 Å². The molecule has 0 aliphatic carbocycles. The number of rotatable bonds is 3. The molecule has 0 radical (unpaired) electrons. The zero-order chi connectivity index (χ0) is 16.4. The summed E-state index contributed by atoms with van der Waals surface area (Å²) >= 11 is 19.0. The summed E-state index contributed by atoms with van der Waals surface area (Å²) in [6, 6.07) is 9.80. The fourth-order valence-corrected chi connectivity index (χ4v) is 5.88. The van der Waals surface area contributed by atoms with Crippen molar-refractivity contribution in [3.63, 3.8) is 0 Å². The lowest BCUT2D eigenvalue weighted by Gasteiger charge is -2.26. The maximum atomic E-state index is 6.17. The zero-order valence-electron chi connectivity index (χ0n) is 12.2. The van der Waals surface area contributed by atoms with Gasteiger partial charge < -0.3 is 15.0 Å². The Morgan fingerprint density at radius 2 is 2.26 bits per heavy atom. The van der Waals surface area contributed by atoms with Crippen LogP contribution in [0.3, 0.4) is 0 Å². The highest BCUT2D eigenvalue weighted by molar-refractivity contribution is 9.11. The van der Waals surface area contributed by atoms with Gasteiger partial charge in [-0.3, -0.25) is 0 Å². The molecule has 0 bridgehead atoms. The van der Waals surface area contributed by atoms with E-state index in [0.29, 0.717) is 15.9 Å². The Kier molecular flexibility index (Phi) is 5.74. The van der Waals surface area contributed by atoms with Crippen LogP contribution in [0.1, 0.15) is 10.3 Å². The van der Waals surface area contributed by atoms with Crippen LogP contribution in [-0.4, -0.2) is 29.4 Å². The molecule has 1 atom stereocenters. The second-order valence-electron chi connectivity index (χ2n) is 4.84. The number of nitrogens with one attached hydrogen (secondary N) is 1. The van der Waals surface area contributed by atoms with E-state index in [2.05, 4.69) is 38.3 Å². The van der Waals surface area contributed by atoms with Crippen LogP contribution in [0, 0.1) is 0 Å². The van der Waals surface area contributed by atoms with Crippen LogP contribution in [0.15, 0.2) is 34.1 Å². The molecule has 1 unspecified atom stereocenters. The number of hydrogen-bond acceptors (Lipinski definition) is 4. The van der Waals surface area contributed by atoms with Gasteiger partial charge in [-0.15, -0.1) is 23.1 Å². The molecule has 122 valence electrons. The average molecular weight is 450 g/mol. The maximum absolute atomic E-state index is 6.17. The van der Waals surface area contributed by atoms with Crippen LogP contribution < -0.4 is 10.1 Å². The van der Waals surface area contributed by atoms with Crippen LogP contribution in [0.2, 0.25) is 5.02 Å². The number of thiophene rings is 1. The molecular formula is C15H14BrClN2OS3. The number of thiocarbonyl (C=S) groups is 1. The number of nitrogens with zero attached hydrogens (tertiary/aromatic N) is 1. The third kappa shape index (κ3) is 3.96. The van der Waals surface area contributed by atoms with E-state index in [1.54, 1.807) is 18.4 Å². The van der Waals surface area contributed by atoms with Crippen molar-refractivity contribution >= 4 is 73.6 Å². The predicted octanol–water partition coefficient (Wildman–Crippen LogP) is 5.62. The zero-order valence-corrected chi connectivity index (χ0v) is 17.0. The highest BCUT2D eigenvalue weighted by Crippen LogP contribution is 2.42. The summed E-state index contributed by atoms with van der Waals surface area (Å²) in [5.41, 5.74) is 0.865. The molecule has 2 heterocycles. The van der Waals surface area contributed by atoms with Crippen LogP contribution in [-0.2, 0) is 0 Å². The van der Waals surface area contributed by atoms with Crippen molar-refractivity contribution in [3.05, 3.63) is 44.0 Å². The third-order valence-corrected chi connectivity index (χ3v) is 7.09. The van der Waals surface area contributed by atoms with E-state index in [1.807, 2.05) is 30.0 Å². The molecule has 1 aromatic carbocycles. The van der Waals surface area contributed by atoms with E-state index in [4.69, 9.17) is 28.6 Å². The van der Waals surface area contributed by atoms with Crippen molar-refractivity contribution in [2.45, 2.75) is 5.37 Å². The quantitative estimate of drug-likeness (QED) is 0.613. The summed E-state index contributed by atoms with van der Waals surface area (Å²) in [5, 5.41) is 4.82. The number of ether oxygens (including phenoxy) is 1. The first kappa shape index (κ1) is 17.4. The monoisotopic (exact) mass is 448 g/mol. The fourth-order valence-electron chi connectivity index (χ4n) is 2.31. The molecule has 1 saturated heterocycles. The minimum Gasteiger partial charge on any atom is -0.495 e. The SMILES string of the molecule is COc1ccc(NC(=S)N2CCSC2c2ccc(Br)s2)cc1Cl. The summed E-state index contributed by atoms with van der Waals surface area (Å²) in [6.07, 6.45) is 0. The van der Waals surface area contributed by atoms with Gasteiger partial charge in [-0.25, -0.2) is 0 Å². The highest BCUT2D eigenvalue weighted by Gasteiger charge is 2.29. The Morgan fingerprint density at radius 3 is 2.91 bits per heavy atom. The van der Waals surface area contributed by atoms with Gasteiger partial charge in [-0.1, -0.05) is 11.6 Å². The lowest BCUT2D eigenvalue weighted by molar-refractivity contribution is 0.415. The Morgan fingerprint density at radius 1 is 1.43 bits per heavy atom. The fraction of sp³-hybridized carbons (Fsp3) is 0.267. The van der Waals surface area contributed by atoms with Crippen molar-refractivity contribution in [3.8, 4) is 5.75 Å². The largest absolute Gasteiger partial charge is 0.495 e. The Balaban J connectivity index is 1.73. The number of benzene rings is 1. The molecule has 1 N–H and O–H groups in total. The van der Waals surface area contributed by atoms with Crippen LogP contribution >= 0.6 is 62.8 Å². The summed E-state index contributed by atoms with van der Waals surface area (Å²) in [6.45, 7) is 0.931. The first-order valence-electron chi connectivity index (χ1n) is 6.86. The van der Waals surface area contributed by atoms with Crippen LogP contribution in [0.4, 0.5) is 5.69 Å². The average Bonchev–Trinajstić information content (AvgIpc) is 3.15. The smallest absolute Gasteiger partial charge is 0.174 e. The summed E-state index contributed by atoms with van der Waals surface area (Å²) < 4.78 is 6.31. The second-order valence-corrected chi connectivity index (χ2v) is 9.31. The van der Waals surface area contributed by atoms with E-state index in [-0.39, 0.29) is 5.37 Å². The lowest BCUT2D eigenvalue weighted by atomic mass is 10.3. The molecule has 1 aliphatic rings. The number of thioether (sulfide) groups is 1. The van der Waals surface area contributed by atoms with E-state index in [9.17, 15) is 0 Å². The van der Waals surface area contributed by atoms with Crippen LogP contribution in [0.25, 0.3) is 0 Å². The number of halogens is 2. The minimum atomic E-state index is 0.264. The van der Waals surface area contributed by atoms with Gasteiger partial charge in [0.2, 0.25) is 0 Å². The molecule has 3 rings (SSSR count). The minimum absolute atomic E-state index is 0.264. The molecule has 0 amide bonds. The number of hydrogen-bond donors (Lipinski definition) is 1. The van der Waals surface area contributed by atoms with Crippen molar-refractivity contribution in [2.75, 3.05) is 24.7 Å². The first-order chi connectivity index (χ1) is 11.1. The van der Waals surface area contributed by atoms with Crippen molar-refractivity contribution < 1.29 is 4.74 Å². The van der Waals surface area contributed by atoms with E-state index >= 15 is 0 Å². The van der Waals surface area contributed by atoms with Gasteiger partial charge in [0, 0.05) is 22.9 Å². The molecule has 0 spiro atoms. The highest BCUT2D eigenvalue weighted by atomic mass is 79.9. The topological polar surface area (TPSA) is 24.5 Å². The molecule has 23 heavy (non-hydrogen) atoms. The summed E-state index contributed by atoms with van der Waals surface area (Å²) in [5.74, 6) is 1.71. The lowest BCUT2D eigenvalue weighted by Crippen LogP contribution is -2.33. The molecular weight excluding hydrogens is 436 g/mol. The van der Waals surface area contributed by atoms with Gasteiger partial charge in [-0.05, 0) is 58.5 Å². The van der Waals surface area contributed by atoms with Gasteiger partial charge in [0.15, 0.2) is 5.11 Å². The molecule has 0 saturated carbocycles. The molecule has 1 aliphatic heterocycles. The summed E-state index contributed by atoms with van der Waals surface area (Å²) in [7, 11) is 1.60. The van der Waals surface area contributed by atoms with Gasteiger partial charge in [0.05, 0.1) is 15.9 Å². The second kappa shape index (κ2) is 7.61. The first-order valence-corrected chi connectivity index (χ1v) is 10.3. The van der Waals surface area contributed by atoms with Gasteiger partial charge in [0.1, 0.15) is 11.1 Å². The van der Waals surface area contributed by atoms with Gasteiger partial charge in [-0.2, -0.15) is 0 Å². The van der Waals surface area contributed by atoms with E-state index in [1.165, 1.54) is 4.88 Å². The predicted molar refractivity (Wildman–Crippen MR) is 108 cm³/mol. The standard InChI is InChI=1S/C15H14BrClN2OS3/c1-20-11-3-2-9(8-10(11)17)18-15(21)19-6-7-22-14(19)12-4-5-13(16)23-12/h2-5,8,14H,6-7H2,1H3,(H,18,21). The normalized spacial score (nSPS) is 17.3. The van der Waals surface area contributed by atoms with Crippen molar-refractivity contribution in [1.82, 2.24) is 4.90 Å². The van der Waals surface area contributed by atoms with Crippen molar-refractivity contribution in [2.24, 2.45) is 0 Å². The van der Waals surface area contributed by atoms with Gasteiger partial charge in [0.25, 0.3) is 0 Å². The molecule has 8 heteroatoms. The Labute approximate surface area is 162 Å². The maximum Gasteiger partial charge on any atom is 0.174 e. The molecule has 1 fully saturated rings. The summed E-state index contributed by atoms with van der Waals surface area (Å²) in [4.78, 5) is 3.52. The Bertz CT molecular complexity index is 724. The van der Waals surface area contributed by atoms with Crippen LogP contribution in [0.5, 0.6) is 5.75 Å². The molecule has 2 aromatic rings. The molecule has 3 nitrogen and oxygen atoms in total.